The standard InChI is InChI=1S/C30H27Cl4NO7/c1-14-25(38)22(33)13-19-27(14)41-28-18(30(19)17-12-21(32)20(31)11-16(17)29(40)42-30)10-15(26(39)24(28)34)6-7-23(37)35-8-4-2-3-5-9-36/h10-13,36,38-39H,2-9H2,1H3,(H,35,37). The summed E-state index contributed by atoms with van der Waals surface area (Å²) in [6.07, 6.45) is 3.47. The number of nitrogens with one attached hydrogen (secondary N) is 1. The predicted octanol–water partition coefficient (Wildman–Crippen LogP) is 7.19. The SMILES string of the molecule is Cc1c(O)c(Cl)cc2c1Oc1c(cc(CCC(=O)NCCCCCCO)c(O)c1Cl)C21OC(=O)c2cc(Cl)c(Cl)cc21. The molecular formula is C30H27Cl4NO7. The van der Waals surface area contributed by atoms with Crippen molar-refractivity contribution in [2.75, 3.05) is 13.2 Å². The van der Waals surface area contributed by atoms with Crippen LogP contribution < -0.4 is 10.1 Å². The lowest BCUT2D eigenvalue weighted by atomic mass is 9.76. The smallest absolute Gasteiger partial charge is 0.340 e. The van der Waals surface area contributed by atoms with E-state index in [1.807, 2.05) is 0 Å². The maximum Gasteiger partial charge on any atom is 0.340 e. The zero-order valence-corrected chi connectivity index (χ0v) is 25.5. The van der Waals surface area contributed by atoms with Crippen LogP contribution in [0.3, 0.4) is 0 Å². The largest absolute Gasteiger partial charge is 0.506 e. The summed E-state index contributed by atoms with van der Waals surface area (Å²) in [5, 5.41) is 33.6. The van der Waals surface area contributed by atoms with E-state index >= 15 is 0 Å². The number of unbranched alkanes of at least 4 members (excludes halogenated alkanes) is 3. The van der Waals surface area contributed by atoms with E-state index in [4.69, 9.17) is 61.0 Å². The zero-order valence-electron chi connectivity index (χ0n) is 22.5. The number of esters is 1. The van der Waals surface area contributed by atoms with Gasteiger partial charge in [-0.05, 0) is 56.0 Å². The Morgan fingerprint density at radius 3 is 2.29 bits per heavy atom. The van der Waals surface area contributed by atoms with E-state index in [0.29, 0.717) is 23.2 Å². The summed E-state index contributed by atoms with van der Waals surface area (Å²) in [4.78, 5) is 25.9. The van der Waals surface area contributed by atoms with Crippen LogP contribution in [0, 0.1) is 6.92 Å². The molecule has 3 aromatic carbocycles. The normalized spacial score (nSPS) is 16.5. The number of aryl methyl sites for hydroxylation is 1. The van der Waals surface area contributed by atoms with Gasteiger partial charge in [-0.1, -0.05) is 59.2 Å². The molecule has 4 N–H and O–H groups in total. The summed E-state index contributed by atoms with van der Waals surface area (Å²) < 4.78 is 12.3. The van der Waals surface area contributed by atoms with Crippen LogP contribution in [0.4, 0.5) is 0 Å². The number of phenolic OH excluding ortho intramolecular Hbond substituents is 2. The molecule has 0 fully saturated rings. The minimum atomic E-state index is -1.67. The van der Waals surface area contributed by atoms with Crippen molar-refractivity contribution in [2.24, 2.45) is 0 Å². The molecule has 0 bridgehead atoms. The number of amides is 1. The molecule has 2 aliphatic heterocycles. The topological polar surface area (TPSA) is 125 Å². The van der Waals surface area contributed by atoms with E-state index in [1.165, 1.54) is 18.2 Å². The fraction of sp³-hybridized carbons (Fsp3) is 0.333. The number of carbonyl (C=O) groups excluding carboxylic acids is 2. The molecule has 0 radical (unpaired) electrons. The molecule has 1 amide bonds. The Hall–Kier alpha value is -2.88. The van der Waals surface area contributed by atoms with Crippen molar-refractivity contribution < 1.29 is 34.4 Å². The fourth-order valence-corrected chi connectivity index (χ4v) is 6.27. The highest BCUT2D eigenvalue weighted by molar-refractivity contribution is 6.42. The van der Waals surface area contributed by atoms with Crippen LogP contribution in [-0.4, -0.2) is 40.3 Å². The molecule has 2 aliphatic rings. The van der Waals surface area contributed by atoms with Crippen LogP contribution >= 0.6 is 46.4 Å². The molecule has 12 heteroatoms. The number of hydrogen-bond donors (Lipinski definition) is 4. The van der Waals surface area contributed by atoms with Gasteiger partial charge in [-0.15, -0.1) is 0 Å². The summed E-state index contributed by atoms with van der Waals surface area (Å²) in [5.41, 5.74) is 0.0224. The van der Waals surface area contributed by atoms with Crippen molar-refractivity contribution in [1.29, 1.82) is 0 Å². The first-order valence-electron chi connectivity index (χ1n) is 13.4. The second-order valence-electron chi connectivity index (χ2n) is 10.3. The summed E-state index contributed by atoms with van der Waals surface area (Å²) in [6.45, 7) is 2.23. The number of fused-ring (bicyclic) bond motifs is 6. The number of aliphatic hydroxyl groups excluding tert-OH is 1. The van der Waals surface area contributed by atoms with E-state index in [1.54, 1.807) is 13.0 Å². The molecular weight excluding hydrogens is 628 g/mol. The molecule has 1 atom stereocenters. The maximum absolute atomic E-state index is 13.3. The molecule has 42 heavy (non-hydrogen) atoms. The first kappa shape index (κ1) is 30.6. The number of aliphatic hydroxyl groups is 1. The molecule has 1 unspecified atom stereocenters. The Bertz CT molecular complexity index is 1610. The van der Waals surface area contributed by atoms with Gasteiger partial charge in [0.25, 0.3) is 0 Å². The molecule has 8 nitrogen and oxygen atoms in total. The maximum atomic E-state index is 13.3. The van der Waals surface area contributed by atoms with Gasteiger partial charge in [0, 0.05) is 41.8 Å². The highest BCUT2D eigenvalue weighted by Crippen LogP contribution is 2.61. The van der Waals surface area contributed by atoms with Crippen LogP contribution in [0.15, 0.2) is 24.3 Å². The summed E-state index contributed by atoms with van der Waals surface area (Å²) in [6, 6.07) is 5.97. The molecule has 5 rings (SSSR count). The second-order valence-corrected chi connectivity index (χ2v) is 11.9. The van der Waals surface area contributed by atoms with Gasteiger partial charge in [0.1, 0.15) is 22.3 Å². The number of ether oxygens (including phenoxy) is 2. The van der Waals surface area contributed by atoms with E-state index in [9.17, 15) is 19.8 Å². The van der Waals surface area contributed by atoms with Crippen LogP contribution in [0.2, 0.25) is 20.1 Å². The van der Waals surface area contributed by atoms with E-state index in [2.05, 4.69) is 5.32 Å². The lowest BCUT2D eigenvalue weighted by Crippen LogP contribution is -2.33. The Balaban J connectivity index is 1.58. The lowest BCUT2D eigenvalue weighted by Gasteiger charge is -2.38. The minimum absolute atomic E-state index is 0.000338. The third kappa shape index (κ3) is 5.13. The zero-order chi connectivity index (χ0) is 30.3. The van der Waals surface area contributed by atoms with Crippen molar-refractivity contribution in [3.8, 4) is 23.0 Å². The lowest BCUT2D eigenvalue weighted by molar-refractivity contribution is -0.121. The van der Waals surface area contributed by atoms with E-state index < -0.39 is 11.6 Å². The molecule has 0 aliphatic carbocycles. The first-order valence-corrected chi connectivity index (χ1v) is 14.9. The van der Waals surface area contributed by atoms with Gasteiger partial charge < -0.3 is 30.1 Å². The first-order chi connectivity index (χ1) is 20.0. The Kier molecular flexibility index (Phi) is 8.75. The molecule has 0 saturated heterocycles. The summed E-state index contributed by atoms with van der Waals surface area (Å²) >= 11 is 25.7. The Morgan fingerprint density at radius 2 is 1.55 bits per heavy atom. The minimum Gasteiger partial charge on any atom is -0.506 e. The summed E-state index contributed by atoms with van der Waals surface area (Å²) in [5.74, 6) is -1.27. The average molecular weight is 655 g/mol. The van der Waals surface area contributed by atoms with Crippen LogP contribution in [0.25, 0.3) is 0 Å². The molecule has 1 spiro atoms. The molecule has 3 aromatic rings. The average Bonchev–Trinajstić information content (AvgIpc) is 3.23. The fourth-order valence-electron chi connectivity index (χ4n) is 5.43. The van der Waals surface area contributed by atoms with Crippen LogP contribution in [0.1, 0.15) is 70.3 Å². The molecule has 2 heterocycles. The Labute approximate surface area is 262 Å². The Morgan fingerprint density at radius 1 is 0.881 bits per heavy atom. The van der Waals surface area contributed by atoms with Gasteiger partial charge in [0.2, 0.25) is 5.91 Å². The highest BCUT2D eigenvalue weighted by atomic mass is 35.5. The van der Waals surface area contributed by atoms with Gasteiger partial charge in [-0.2, -0.15) is 0 Å². The predicted molar refractivity (Wildman–Crippen MR) is 160 cm³/mol. The third-order valence-corrected chi connectivity index (χ3v) is 8.97. The van der Waals surface area contributed by atoms with Crippen LogP contribution in [0.5, 0.6) is 23.0 Å². The number of benzene rings is 3. The number of rotatable bonds is 9. The van der Waals surface area contributed by atoms with Crippen molar-refractivity contribution >= 4 is 58.3 Å². The second kappa shape index (κ2) is 12.0. The van der Waals surface area contributed by atoms with E-state index in [0.717, 1.165) is 25.7 Å². The summed E-state index contributed by atoms with van der Waals surface area (Å²) in [7, 11) is 0. The van der Waals surface area contributed by atoms with Gasteiger partial charge in [-0.25, -0.2) is 4.79 Å². The molecule has 0 aromatic heterocycles. The quantitative estimate of drug-likeness (QED) is 0.142. The van der Waals surface area contributed by atoms with Gasteiger partial charge in [0.05, 0.1) is 20.6 Å². The van der Waals surface area contributed by atoms with Gasteiger partial charge in [0.15, 0.2) is 11.4 Å². The number of carbonyl (C=O) groups is 2. The van der Waals surface area contributed by atoms with Crippen molar-refractivity contribution in [3.05, 3.63) is 77.7 Å². The van der Waals surface area contributed by atoms with Crippen molar-refractivity contribution in [1.82, 2.24) is 5.32 Å². The molecule has 222 valence electrons. The van der Waals surface area contributed by atoms with E-state index in [-0.39, 0.29) is 85.1 Å². The van der Waals surface area contributed by atoms with Crippen molar-refractivity contribution in [3.63, 3.8) is 0 Å². The highest BCUT2D eigenvalue weighted by Gasteiger charge is 2.55. The number of phenols is 2. The van der Waals surface area contributed by atoms with Gasteiger partial charge >= 0.3 is 5.97 Å². The van der Waals surface area contributed by atoms with Crippen LogP contribution in [-0.2, 0) is 21.6 Å². The number of halogens is 4. The molecule has 0 saturated carbocycles. The number of hydrogen-bond acceptors (Lipinski definition) is 7. The number of aromatic hydroxyl groups is 2. The van der Waals surface area contributed by atoms with Gasteiger partial charge in [-0.3, -0.25) is 4.79 Å². The van der Waals surface area contributed by atoms with Crippen molar-refractivity contribution in [2.45, 2.75) is 51.0 Å². The third-order valence-electron chi connectivity index (χ3n) is 7.61. The monoisotopic (exact) mass is 653 g/mol.